The summed E-state index contributed by atoms with van der Waals surface area (Å²) in [5.41, 5.74) is 0. The molecule has 21 heavy (non-hydrogen) atoms. The minimum atomic E-state index is -3.60. The molecule has 0 aliphatic carbocycles. The van der Waals surface area contributed by atoms with Crippen LogP contribution in [-0.2, 0) is 10.0 Å². The molecule has 0 amide bonds. The van der Waals surface area contributed by atoms with Gasteiger partial charge in [-0.15, -0.1) is 11.3 Å². The molecule has 0 aliphatic rings. The highest BCUT2D eigenvalue weighted by Crippen LogP contribution is 2.25. The van der Waals surface area contributed by atoms with Crippen LogP contribution in [0.25, 0.3) is 10.8 Å². The van der Waals surface area contributed by atoms with Gasteiger partial charge in [0, 0.05) is 17.0 Å². The van der Waals surface area contributed by atoms with Crippen LogP contribution in [0, 0.1) is 0 Å². The molecule has 0 saturated carbocycles. The van der Waals surface area contributed by atoms with Crippen LogP contribution in [0.1, 0.15) is 18.0 Å². The average Bonchev–Trinajstić information content (AvgIpc) is 3.00. The number of hydrogen-bond acceptors (Lipinski definition) is 4. The normalized spacial score (nSPS) is 13.4. The van der Waals surface area contributed by atoms with E-state index in [2.05, 4.69) is 9.71 Å². The quantitative estimate of drug-likeness (QED) is 0.802. The van der Waals surface area contributed by atoms with Crippen LogP contribution >= 0.6 is 11.3 Å². The maximum Gasteiger partial charge on any atom is 0.241 e. The molecule has 0 saturated heterocycles. The highest BCUT2D eigenvalue weighted by molar-refractivity contribution is 7.89. The van der Waals surface area contributed by atoms with E-state index in [0.717, 1.165) is 15.8 Å². The number of sulfonamides is 1. The smallest absolute Gasteiger partial charge is 0.241 e. The molecule has 108 valence electrons. The van der Waals surface area contributed by atoms with Crippen LogP contribution in [0.15, 0.2) is 58.9 Å². The fraction of sp³-hybridized carbons (Fsp3) is 0.133. The molecule has 4 nitrogen and oxygen atoms in total. The average molecular weight is 318 g/mol. The van der Waals surface area contributed by atoms with Gasteiger partial charge in [0.1, 0.15) is 5.01 Å². The molecule has 1 atom stereocenters. The van der Waals surface area contributed by atoms with Crippen molar-refractivity contribution in [3.05, 3.63) is 59.0 Å². The minimum Gasteiger partial charge on any atom is -0.248 e. The molecule has 0 spiro atoms. The fourth-order valence-electron chi connectivity index (χ4n) is 2.22. The van der Waals surface area contributed by atoms with E-state index in [1.807, 2.05) is 35.7 Å². The molecular formula is C15H14N2O2S2. The lowest BCUT2D eigenvalue weighted by Crippen LogP contribution is -2.27. The molecule has 1 N–H and O–H groups in total. The van der Waals surface area contributed by atoms with Gasteiger partial charge in [-0.1, -0.05) is 36.4 Å². The van der Waals surface area contributed by atoms with Gasteiger partial charge < -0.3 is 0 Å². The van der Waals surface area contributed by atoms with Gasteiger partial charge in [-0.25, -0.2) is 18.1 Å². The van der Waals surface area contributed by atoms with Gasteiger partial charge in [0.05, 0.1) is 10.9 Å². The van der Waals surface area contributed by atoms with E-state index < -0.39 is 10.0 Å². The van der Waals surface area contributed by atoms with Crippen molar-refractivity contribution in [1.29, 1.82) is 0 Å². The summed E-state index contributed by atoms with van der Waals surface area (Å²) in [5.74, 6) is 0. The Hall–Kier alpha value is -1.76. The number of hydrogen-bond donors (Lipinski definition) is 1. The Morgan fingerprint density at radius 2 is 1.90 bits per heavy atom. The first-order valence-corrected chi connectivity index (χ1v) is 8.84. The number of aromatic nitrogens is 1. The Bertz CT molecular complexity index is 853. The number of rotatable bonds is 4. The monoisotopic (exact) mass is 318 g/mol. The Balaban J connectivity index is 2.01. The van der Waals surface area contributed by atoms with Crippen LogP contribution in [0.2, 0.25) is 0 Å². The molecule has 3 rings (SSSR count). The van der Waals surface area contributed by atoms with Gasteiger partial charge >= 0.3 is 0 Å². The van der Waals surface area contributed by atoms with Crippen molar-refractivity contribution in [2.24, 2.45) is 0 Å². The molecule has 1 aromatic heterocycles. The van der Waals surface area contributed by atoms with Crippen LogP contribution in [0.3, 0.4) is 0 Å². The van der Waals surface area contributed by atoms with Crippen LogP contribution in [-0.4, -0.2) is 13.4 Å². The molecule has 2 aromatic carbocycles. The zero-order valence-electron chi connectivity index (χ0n) is 11.4. The highest BCUT2D eigenvalue weighted by atomic mass is 32.2. The van der Waals surface area contributed by atoms with Crippen LogP contribution in [0.5, 0.6) is 0 Å². The molecule has 1 heterocycles. The second-order valence-corrected chi connectivity index (χ2v) is 7.30. The molecule has 0 bridgehead atoms. The molecule has 0 fully saturated rings. The maximum atomic E-state index is 12.6. The third-order valence-electron chi connectivity index (χ3n) is 3.19. The minimum absolute atomic E-state index is 0.295. The second kappa shape index (κ2) is 5.55. The molecule has 0 aliphatic heterocycles. The first kappa shape index (κ1) is 14.2. The van der Waals surface area contributed by atoms with E-state index in [4.69, 9.17) is 0 Å². The standard InChI is InChI=1S/C15H14N2O2S2/c1-11(15-16-9-10-20-15)17-21(18,19)14-8-4-6-12-5-2-3-7-13(12)14/h2-11,17H,1H3/t11-/m0/s1. The molecular weight excluding hydrogens is 304 g/mol. The largest absolute Gasteiger partial charge is 0.248 e. The van der Waals surface area contributed by atoms with Crippen molar-refractivity contribution < 1.29 is 8.42 Å². The molecule has 0 unspecified atom stereocenters. The van der Waals surface area contributed by atoms with E-state index in [0.29, 0.717) is 4.90 Å². The lowest BCUT2D eigenvalue weighted by molar-refractivity contribution is 0.567. The van der Waals surface area contributed by atoms with Gasteiger partial charge in [-0.3, -0.25) is 0 Å². The Morgan fingerprint density at radius 3 is 2.67 bits per heavy atom. The predicted molar refractivity (Wildman–Crippen MR) is 84.8 cm³/mol. The SMILES string of the molecule is C[C@H](NS(=O)(=O)c1cccc2ccccc12)c1nccs1. The summed E-state index contributed by atoms with van der Waals surface area (Å²) < 4.78 is 27.9. The summed E-state index contributed by atoms with van der Waals surface area (Å²) in [5, 5.41) is 4.21. The number of nitrogens with zero attached hydrogens (tertiary/aromatic N) is 1. The highest BCUT2D eigenvalue weighted by Gasteiger charge is 2.21. The van der Waals surface area contributed by atoms with Crippen molar-refractivity contribution >= 4 is 32.1 Å². The Morgan fingerprint density at radius 1 is 1.14 bits per heavy atom. The molecule has 6 heteroatoms. The Kier molecular flexibility index (Phi) is 3.75. The van der Waals surface area contributed by atoms with Gasteiger partial charge in [0.25, 0.3) is 0 Å². The first-order valence-electron chi connectivity index (χ1n) is 6.47. The maximum absolute atomic E-state index is 12.6. The van der Waals surface area contributed by atoms with Crippen molar-refractivity contribution in [3.8, 4) is 0 Å². The van der Waals surface area contributed by atoms with Crippen molar-refractivity contribution in [3.63, 3.8) is 0 Å². The van der Waals surface area contributed by atoms with Gasteiger partial charge in [-0.2, -0.15) is 0 Å². The predicted octanol–water partition coefficient (Wildman–Crippen LogP) is 3.34. The number of nitrogens with one attached hydrogen (secondary N) is 1. The molecule has 3 aromatic rings. The summed E-state index contributed by atoms with van der Waals surface area (Å²) in [6.07, 6.45) is 1.67. The van der Waals surface area contributed by atoms with Gasteiger partial charge in [0.2, 0.25) is 10.0 Å². The molecule has 0 radical (unpaired) electrons. The van der Waals surface area contributed by atoms with E-state index in [-0.39, 0.29) is 6.04 Å². The second-order valence-electron chi connectivity index (χ2n) is 4.69. The number of thiazole rings is 1. The third kappa shape index (κ3) is 2.83. The zero-order valence-corrected chi connectivity index (χ0v) is 13.0. The number of benzene rings is 2. The zero-order chi connectivity index (χ0) is 14.9. The summed E-state index contributed by atoms with van der Waals surface area (Å²) in [6, 6.07) is 12.4. The summed E-state index contributed by atoms with van der Waals surface area (Å²) in [7, 11) is -3.60. The summed E-state index contributed by atoms with van der Waals surface area (Å²) >= 11 is 1.43. The Labute approximate surface area is 127 Å². The van der Waals surface area contributed by atoms with Gasteiger partial charge in [-0.05, 0) is 18.4 Å². The fourth-order valence-corrected chi connectivity index (χ4v) is 4.38. The van der Waals surface area contributed by atoms with E-state index in [1.165, 1.54) is 11.3 Å². The van der Waals surface area contributed by atoms with Crippen molar-refractivity contribution in [2.75, 3.05) is 0 Å². The van der Waals surface area contributed by atoms with Crippen molar-refractivity contribution in [1.82, 2.24) is 9.71 Å². The van der Waals surface area contributed by atoms with Crippen LogP contribution < -0.4 is 4.72 Å². The number of fused-ring (bicyclic) bond motifs is 1. The lowest BCUT2D eigenvalue weighted by atomic mass is 10.1. The summed E-state index contributed by atoms with van der Waals surface area (Å²) in [6.45, 7) is 1.79. The van der Waals surface area contributed by atoms with Crippen molar-refractivity contribution in [2.45, 2.75) is 17.9 Å². The van der Waals surface area contributed by atoms with E-state index >= 15 is 0 Å². The van der Waals surface area contributed by atoms with Gasteiger partial charge in [0.15, 0.2) is 0 Å². The summed E-state index contributed by atoms with van der Waals surface area (Å²) in [4.78, 5) is 4.44. The van der Waals surface area contributed by atoms with E-state index in [9.17, 15) is 8.42 Å². The first-order chi connectivity index (χ1) is 10.1. The lowest BCUT2D eigenvalue weighted by Gasteiger charge is -2.13. The van der Waals surface area contributed by atoms with Crippen LogP contribution in [0.4, 0.5) is 0 Å². The topological polar surface area (TPSA) is 59.1 Å². The third-order valence-corrected chi connectivity index (χ3v) is 5.75. The van der Waals surface area contributed by atoms with E-state index in [1.54, 1.807) is 25.3 Å².